The predicted molar refractivity (Wildman–Crippen MR) is 68.1 cm³/mol. The number of carboxylic acids is 1. The van der Waals surface area contributed by atoms with Crippen molar-refractivity contribution in [2.45, 2.75) is 25.9 Å². The lowest BCUT2D eigenvalue weighted by molar-refractivity contribution is -0.143. The molecule has 19 heavy (non-hydrogen) atoms. The summed E-state index contributed by atoms with van der Waals surface area (Å²) in [6.07, 6.45) is 0. The van der Waals surface area contributed by atoms with Crippen LogP contribution in [0.4, 0.5) is 9.18 Å². The van der Waals surface area contributed by atoms with Gasteiger partial charge in [0.05, 0.1) is 0 Å². The molecule has 6 heteroatoms. The molecule has 1 aromatic rings. The van der Waals surface area contributed by atoms with Crippen molar-refractivity contribution in [1.29, 1.82) is 0 Å². The molecule has 2 amide bonds. The highest BCUT2D eigenvalue weighted by atomic mass is 19.1. The Hall–Kier alpha value is -2.11. The van der Waals surface area contributed by atoms with Gasteiger partial charge >= 0.3 is 12.0 Å². The molecule has 0 unspecified atom stereocenters. The fourth-order valence-electron chi connectivity index (χ4n) is 1.37. The molecule has 0 aromatic heterocycles. The van der Waals surface area contributed by atoms with Crippen LogP contribution in [-0.2, 0) is 11.3 Å². The van der Waals surface area contributed by atoms with Crippen LogP contribution in [0.1, 0.15) is 19.4 Å². The van der Waals surface area contributed by atoms with Gasteiger partial charge in [-0.3, -0.25) is 0 Å². The summed E-state index contributed by atoms with van der Waals surface area (Å²) in [5, 5.41) is 11.3. The van der Waals surface area contributed by atoms with E-state index < -0.39 is 23.4 Å². The van der Waals surface area contributed by atoms with Crippen molar-refractivity contribution >= 4 is 12.0 Å². The number of benzene rings is 1. The van der Waals surface area contributed by atoms with Gasteiger partial charge in [0.2, 0.25) is 0 Å². The Kier molecular flexibility index (Phi) is 4.47. The minimum absolute atomic E-state index is 0.0637. The number of hydrogen-bond donors (Lipinski definition) is 2. The van der Waals surface area contributed by atoms with Crippen molar-refractivity contribution in [2.75, 3.05) is 7.05 Å². The van der Waals surface area contributed by atoms with Crippen LogP contribution < -0.4 is 5.32 Å². The third-order valence-corrected chi connectivity index (χ3v) is 2.67. The summed E-state index contributed by atoms with van der Waals surface area (Å²) >= 11 is 0. The highest BCUT2D eigenvalue weighted by Crippen LogP contribution is 2.10. The first-order valence-electron chi connectivity index (χ1n) is 5.74. The molecule has 0 atom stereocenters. The highest BCUT2D eigenvalue weighted by molar-refractivity contribution is 5.85. The van der Waals surface area contributed by atoms with E-state index in [0.29, 0.717) is 5.56 Å². The third kappa shape index (κ3) is 3.94. The fraction of sp³-hybridized carbons (Fsp3) is 0.385. The van der Waals surface area contributed by atoms with Crippen molar-refractivity contribution < 1.29 is 19.1 Å². The summed E-state index contributed by atoms with van der Waals surface area (Å²) in [6, 6.07) is 5.54. The van der Waals surface area contributed by atoms with E-state index in [1.807, 2.05) is 0 Å². The molecule has 0 aliphatic carbocycles. The topological polar surface area (TPSA) is 69.6 Å². The van der Waals surface area contributed by atoms with Crippen molar-refractivity contribution in [3.8, 4) is 0 Å². The number of aliphatic carboxylic acids is 1. The van der Waals surface area contributed by atoms with Gasteiger partial charge in [-0.15, -0.1) is 0 Å². The Morgan fingerprint density at radius 2 is 1.95 bits per heavy atom. The minimum Gasteiger partial charge on any atom is -0.480 e. The van der Waals surface area contributed by atoms with Crippen LogP contribution in [0.3, 0.4) is 0 Å². The van der Waals surface area contributed by atoms with Crippen molar-refractivity contribution in [3.63, 3.8) is 0 Å². The van der Waals surface area contributed by atoms with Gasteiger partial charge in [0.1, 0.15) is 11.4 Å². The van der Waals surface area contributed by atoms with Crippen molar-refractivity contribution in [3.05, 3.63) is 35.6 Å². The molecule has 0 heterocycles. The van der Waals surface area contributed by atoms with Gasteiger partial charge < -0.3 is 15.3 Å². The zero-order chi connectivity index (χ0) is 14.6. The van der Waals surface area contributed by atoms with Gasteiger partial charge in [0.25, 0.3) is 0 Å². The molecule has 1 aromatic carbocycles. The third-order valence-electron chi connectivity index (χ3n) is 2.67. The SMILES string of the molecule is CN(Cc1ccccc1F)C(=O)NC(C)(C)C(=O)O. The lowest BCUT2D eigenvalue weighted by Gasteiger charge is -2.25. The standard InChI is InChI=1S/C13H17FN2O3/c1-13(2,11(17)18)15-12(19)16(3)8-9-6-4-5-7-10(9)14/h4-7H,8H2,1-3H3,(H,15,19)(H,17,18). The summed E-state index contributed by atoms with van der Waals surface area (Å²) in [6.45, 7) is 2.82. The maximum Gasteiger partial charge on any atom is 0.328 e. The predicted octanol–water partition coefficient (Wildman–Crippen LogP) is 1.83. The molecule has 1 rings (SSSR count). The molecule has 0 saturated carbocycles. The highest BCUT2D eigenvalue weighted by Gasteiger charge is 2.30. The Bertz CT molecular complexity index is 489. The first kappa shape index (κ1) is 14.9. The van der Waals surface area contributed by atoms with Crippen LogP contribution in [0.15, 0.2) is 24.3 Å². The summed E-state index contributed by atoms with van der Waals surface area (Å²) in [7, 11) is 1.47. The minimum atomic E-state index is -1.37. The zero-order valence-corrected chi connectivity index (χ0v) is 11.1. The van der Waals surface area contributed by atoms with Gasteiger partial charge in [0, 0.05) is 19.2 Å². The van der Waals surface area contributed by atoms with E-state index in [1.165, 1.54) is 31.9 Å². The van der Waals surface area contributed by atoms with E-state index in [9.17, 15) is 14.0 Å². The number of amides is 2. The number of carbonyl (C=O) groups is 2. The van der Waals surface area contributed by atoms with E-state index in [4.69, 9.17) is 5.11 Å². The summed E-state index contributed by atoms with van der Waals surface area (Å²) in [5.41, 5.74) is -1.01. The summed E-state index contributed by atoms with van der Waals surface area (Å²) in [4.78, 5) is 23.9. The number of carbonyl (C=O) groups excluding carboxylic acids is 1. The lowest BCUT2D eigenvalue weighted by atomic mass is 10.1. The average molecular weight is 268 g/mol. The van der Waals surface area contributed by atoms with Crippen LogP contribution in [-0.4, -0.2) is 34.6 Å². The van der Waals surface area contributed by atoms with E-state index >= 15 is 0 Å². The number of carboxylic acid groups (broad SMARTS) is 1. The summed E-state index contributed by atoms with van der Waals surface area (Å²) in [5.74, 6) is -1.54. The Morgan fingerprint density at radius 1 is 1.37 bits per heavy atom. The Morgan fingerprint density at radius 3 is 2.47 bits per heavy atom. The van der Waals surface area contributed by atoms with Gasteiger partial charge in [-0.2, -0.15) is 0 Å². The zero-order valence-electron chi connectivity index (χ0n) is 11.1. The Labute approximate surface area is 111 Å². The van der Waals surface area contributed by atoms with Crippen LogP contribution >= 0.6 is 0 Å². The van der Waals surface area contributed by atoms with Crippen LogP contribution in [0, 0.1) is 5.82 Å². The molecule has 0 aliphatic rings. The molecular weight excluding hydrogens is 251 g/mol. The molecule has 0 aliphatic heterocycles. The molecule has 2 N–H and O–H groups in total. The van der Waals surface area contributed by atoms with E-state index in [1.54, 1.807) is 18.2 Å². The quantitative estimate of drug-likeness (QED) is 0.875. The number of urea groups is 1. The Balaban J connectivity index is 2.69. The smallest absolute Gasteiger partial charge is 0.328 e. The maximum absolute atomic E-state index is 13.4. The van der Waals surface area contributed by atoms with E-state index in [2.05, 4.69) is 5.32 Å². The molecular formula is C13H17FN2O3. The molecule has 0 saturated heterocycles. The monoisotopic (exact) mass is 268 g/mol. The summed E-state index contributed by atoms with van der Waals surface area (Å²) < 4.78 is 13.4. The van der Waals surface area contributed by atoms with Crippen molar-refractivity contribution in [2.24, 2.45) is 0 Å². The number of nitrogens with one attached hydrogen (secondary N) is 1. The second kappa shape index (κ2) is 5.69. The van der Waals surface area contributed by atoms with Crippen LogP contribution in [0.2, 0.25) is 0 Å². The fourth-order valence-corrected chi connectivity index (χ4v) is 1.37. The molecule has 5 nitrogen and oxygen atoms in total. The first-order valence-corrected chi connectivity index (χ1v) is 5.74. The molecule has 0 bridgehead atoms. The largest absolute Gasteiger partial charge is 0.480 e. The van der Waals surface area contributed by atoms with Gasteiger partial charge in [-0.25, -0.2) is 14.0 Å². The van der Waals surface area contributed by atoms with Gasteiger partial charge in [-0.05, 0) is 19.9 Å². The van der Waals surface area contributed by atoms with E-state index in [-0.39, 0.29) is 6.54 Å². The molecule has 0 spiro atoms. The molecule has 104 valence electrons. The normalized spacial score (nSPS) is 10.9. The first-order chi connectivity index (χ1) is 8.74. The van der Waals surface area contributed by atoms with Gasteiger partial charge in [-0.1, -0.05) is 18.2 Å². The maximum atomic E-state index is 13.4. The van der Waals surface area contributed by atoms with Crippen molar-refractivity contribution in [1.82, 2.24) is 10.2 Å². The number of nitrogens with zero attached hydrogens (tertiary/aromatic N) is 1. The number of rotatable bonds is 4. The average Bonchev–Trinajstić information content (AvgIpc) is 2.31. The molecule has 0 radical (unpaired) electrons. The van der Waals surface area contributed by atoms with E-state index in [0.717, 1.165) is 0 Å². The second-order valence-electron chi connectivity index (χ2n) is 4.81. The van der Waals surface area contributed by atoms with Crippen LogP contribution in [0.5, 0.6) is 0 Å². The second-order valence-corrected chi connectivity index (χ2v) is 4.81. The number of halogens is 1. The number of hydrogen-bond acceptors (Lipinski definition) is 2. The van der Waals surface area contributed by atoms with Crippen LogP contribution in [0.25, 0.3) is 0 Å². The lowest BCUT2D eigenvalue weighted by Crippen LogP contribution is -2.53. The molecule has 0 fully saturated rings. The van der Waals surface area contributed by atoms with Gasteiger partial charge in [0.15, 0.2) is 0 Å².